The zero-order chi connectivity index (χ0) is 13.3. The Kier molecular flexibility index (Phi) is 2.63. The summed E-state index contributed by atoms with van der Waals surface area (Å²) < 4.78 is 0. The number of carbonyl (C=O) groups is 1. The molecule has 2 rings (SSSR count). The Balaban J connectivity index is 2.79. The normalized spacial score (nSPS) is 12.6. The van der Waals surface area contributed by atoms with Crippen molar-refractivity contribution in [1.29, 1.82) is 10.5 Å². The highest BCUT2D eigenvalue weighted by molar-refractivity contribution is 6.15. The number of rotatable bonds is 1. The number of fused-ring (bicyclic) bond motifs is 1. The number of Topliss-reactive ketones (excluding diaryl/α,β-unsaturated/α-hetero) is 1. The van der Waals surface area contributed by atoms with E-state index in [0.29, 0.717) is 5.56 Å². The summed E-state index contributed by atoms with van der Waals surface area (Å²) in [6.07, 6.45) is -0.142. The van der Waals surface area contributed by atoms with Crippen LogP contribution in [-0.2, 0) is 0 Å². The maximum Gasteiger partial charge on any atom is 0.280 e. The van der Waals surface area contributed by atoms with Crippen molar-refractivity contribution in [3.63, 3.8) is 0 Å². The molecule has 1 aliphatic rings. The molecular weight excluding hydrogens is 234 g/mol. The van der Waals surface area contributed by atoms with Crippen molar-refractivity contribution in [3.8, 4) is 12.1 Å². The van der Waals surface area contributed by atoms with Gasteiger partial charge in [-0.3, -0.25) is 14.9 Å². The van der Waals surface area contributed by atoms with Gasteiger partial charge in [-0.1, -0.05) is 12.1 Å². The van der Waals surface area contributed by atoms with Crippen LogP contribution in [0.2, 0.25) is 0 Å². The third kappa shape index (κ3) is 1.53. The van der Waals surface area contributed by atoms with Gasteiger partial charge >= 0.3 is 0 Å². The molecule has 6 heteroatoms. The Hall–Kier alpha value is -2.99. The van der Waals surface area contributed by atoms with Crippen molar-refractivity contribution in [3.05, 3.63) is 45.0 Å². The van der Waals surface area contributed by atoms with Gasteiger partial charge in [0.1, 0.15) is 23.3 Å². The van der Waals surface area contributed by atoms with Gasteiger partial charge in [0.25, 0.3) is 5.69 Å². The number of nitriles is 2. The lowest BCUT2D eigenvalue weighted by Gasteiger charge is -1.99. The van der Waals surface area contributed by atoms with Gasteiger partial charge in [-0.15, -0.1) is 0 Å². The second-order valence-corrected chi connectivity index (χ2v) is 3.63. The van der Waals surface area contributed by atoms with E-state index in [1.54, 1.807) is 12.1 Å². The van der Waals surface area contributed by atoms with E-state index < -0.39 is 10.7 Å². The Bertz CT molecular complexity index is 673. The fourth-order valence-corrected chi connectivity index (χ4v) is 1.96. The molecule has 0 atom stereocenters. The molecule has 0 N–H and O–H groups in total. The molecule has 86 valence electrons. The van der Waals surface area contributed by atoms with E-state index >= 15 is 0 Å². The highest BCUT2D eigenvalue weighted by atomic mass is 16.6. The van der Waals surface area contributed by atoms with Crippen LogP contribution in [0.3, 0.4) is 0 Å². The molecule has 0 heterocycles. The zero-order valence-corrected chi connectivity index (χ0v) is 9.01. The number of nitrogens with zero attached hydrogens (tertiary/aromatic N) is 3. The van der Waals surface area contributed by atoms with Crippen molar-refractivity contribution in [2.45, 2.75) is 6.42 Å². The highest BCUT2D eigenvalue weighted by Gasteiger charge is 2.33. The van der Waals surface area contributed by atoms with Crippen LogP contribution in [0.15, 0.2) is 23.8 Å². The van der Waals surface area contributed by atoms with Gasteiger partial charge in [0.15, 0.2) is 5.78 Å². The summed E-state index contributed by atoms with van der Waals surface area (Å²) in [7, 11) is 0. The minimum absolute atomic E-state index is 0.0134. The van der Waals surface area contributed by atoms with E-state index in [-0.39, 0.29) is 28.8 Å². The summed E-state index contributed by atoms with van der Waals surface area (Å²) in [4.78, 5) is 22.0. The van der Waals surface area contributed by atoms with Crippen molar-refractivity contribution < 1.29 is 9.72 Å². The summed E-state index contributed by atoms with van der Waals surface area (Å²) in [6.45, 7) is 0. The molecule has 0 fully saturated rings. The first-order valence-electron chi connectivity index (χ1n) is 4.94. The molecule has 0 radical (unpaired) electrons. The second kappa shape index (κ2) is 4.11. The highest BCUT2D eigenvalue weighted by Crippen LogP contribution is 2.38. The van der Waals surface area contributed by atoms with E-state index in [9.17, 15) is 14.9 Å². The summed E-state index contributed by atoms with van der Waals surface area (Å²) >= 11 is 0. The number of nitro groups is 1. The SMILES string of the molecule is N#CC(C#N)=C1CC(=O)c2c1cccc2[N+](=O)[O-]. The summed E-state index contributed by atoms with van der Waals surface area (Å²) in [5.41, 5.74) is 0.0989. The van der Waals surface area contributed by atoms with Gasteiger partial charge in [-0.05, 0) is 11.1 Å². The monoisotopic (exact) mass is 239 g/mol. The average molecular weight is 239 g/mol. The molecule has 0 aromatic heterocycles. The molecule has 0 aliphatic heterocycles. The summed E-state index contributed by atoms with van der Waals surface area (Å²) in [5.74, 6) is -0.435. The van der Waals surface area contributed by atoms with E-state index in [1.807, 2.05) is 0 Å². The minimum atomic E-state index is -0.641. The Labute approximate surface area is 102 Å². The molecule has 18 heavy (non-hydrogen) atoms. The van der Waals surface area contributed by atoms with Crippen LogP contribution in [0, 0.1) is 32.8 Å². The summed E-state index contributed by atoms with van der Waals surface area (Å²) in [6, 6.07) is 7.58. The topological polar surface area (TPSA) is 108 Å². The lowest BCUT2D eigenvalue weighted by molar-refractivity contribution is -0.385. The van der Waals surface area contributed by atoms with Gasteiger partial charge in [0, 0.05) is 12.5 Å². The predicted molar refractivity (Wildman–Crippen MR) is 60.2 cm³/mol. The number of allylic oxidation sites excluding steroid dienone is 2. The predicted octanol–water partition coefficient (Wildman–Crippen LogP) is 1.98. The molecule has 1 aliphatic carbocycles. The maximum atomic E-state index is 11.8. The number of ketones is 1. The molecule has 1 aromatic carbocycles. The molecule has 0 amide bonds. The first kappa shape index (κ1) is 11.5. The van der Waals surface area contributed by atoms with Crippen LogP contribution in [0.5, 0.6) is 0 Å². The molecular formula is C12H5N3O3. The smallest absolute Gasteiger partial charge is 0.280 e. The number of carbonyl (C=O) groups excluding carboxylic acids is 1. The lowest BCUT2D eigenvalue weighted by Crippen LogP contribution is -1.99. The van der Waals surface area contributed by atoms with Crippen molar-refractivity contribution >= 4 is 17.0 Å². The van der Waals surface area contributed by atoms with Gasteiger partial charge < -0.3 is 0 Å². The van der Waals surface area contributed by atoms with E-state index in [4.69, 9.17) is 10.5 Å². The zero-order valence-electron chi connectivity index (χ0n) is 9.01. The van der Waals surface area contributed by atoms with Crippen LogP contribution in [0.4, 0.5) is 5.69 Å². The van der Waals surface area contributed by atoms with Crippen LogP contribution in [-0.4, -0.2) is 10.7 Å². The standard InChI is InChI=1S/C12H5N3O3/c13-5-7(6-14)9-4-11(16)12-8(9)2-1-3-10(12)15(17)18/h1-3H,4H2. The Morgan fingerprint density at radius 1 is 1.33 bits per heavy atom. The maximum absolute atomic E-state index is 11.8. The summed E-state index contributed by atoms with van der Waals surface area (Å²) in [5, 5.41) is 28.4. The van der Waals surface area contributed by atoms with E-state index in [0.717, 1.165) is 0 Å². The molecule has 6 nitrogen and oxygen atoms in total. The first-order chi connectivity index (χ1) is 8.60. The third-order valence-corrected chi connectivity index (χ3v) is 2.71. The van der Waals surface area contributed by atoms with Crippen molar-refractivity contribution in [2.75, 3.05) is 0 Å². The van der Waals surface area contributed by atoms with Crippen molar-refractivity contribution in [1.82, 2.24) is 0 Å². The quantitative estimate of drug-likeness (QED) is 0.423. The molecule has 0 saturated carbocycles. The first-order valence-corrected chi connectivity index (χ1v) is 4.94. The third-order valence-electron chi connectivity index (χ3n) is 2.71. The van der Waals surface area contributed by atoms with Gasteiger partial charge in [-0.2, -0.15) is 10.5 Å². The van der Waals surface area contributed by atoms with Crippen LogP contribution < -0.4 is 0 Å². The van der Waals surface area contributed by atoms with Gasteiger partial charge in [0.05, 0.1) is 4.92 Å². The second-order valence-electron chi connectivity index (χ2n) is 3.63. The number of nitro benzene ring substituents is 1. The lowest BCUT2D eigenvalue weighted by atomic mass is 10.0. The van der Waals surface area contributed by atoms with Gasteiger partial charge in [-0.25, -0.2) is 0 Å². The molecule has 0 saturated heterocycles. The molecule has 1 aromatic rings. The fourth-order valence-electron chi connectivity index (χ4n) is 1.96. The number of hydrogen-bond donors (Lipinski definition) is 0. The van der Waals surface area contributed by atoms with E-state index in [1.165, 1.54) is 18.2 Å². The Morgan fingerprint density at radius 2 is 2.00 bits per heavy atom. The fraction of sp³-hybridized carbons (Fsp3) is 0.0833. The number of hydrogen-bond acceptors (Lipinski definition) is 5. The van der Waals surface area contributed by atoms with Crippen LogP contribution in [0.25, 0.3) is 5.57 Å². The minimum Gasteiger partial charge on any atom is -0.294 e. The molecule has 0 spiro atoms. The number of benzene rings is 1. The van der Waals surface area contributed by atoms with Gasteiger partial charge in [0.2, 0.25) is 0 Å². The van der Waals surface area contributed by atoms with Crippen molar-refractivity contribution in [2.24, 2.45) is 0 Å². The molecule has 0 bridgehead atoms. The average Bonchev–Trinajstić information content (AvgIpc) is 2.69. The molecule has 0 unspecified atom stereocenters. The Morgan fingerprint density at radius 3 is 2.56 bits per heavy atom. The van der Waals surface area contributed by atoms with Crippen LogP contribution >= 0.6 is 0 Å². The van der Waals surface area contributed by atoms with Crippen LogP contribution in [0.1, 0.15) is 22.3 Å². The largest absolute Gasteiger partial charge is 0.294 e. The van der Waals surface area contributed by atoms with E-state index in [2.05, 4.69) is 0 Å².